The fourth-order valence-corrected chi connectivity index (χ4v) is 17.9. The van der Waals surface area contributed by atoms with Crippen LogP contribution in [0.3, 0.4) is 0 Å². The summed E-state index contributed by atoms with van der Waals surface area (Å²) in [4.78, 5) is 27.2. The summed E-state index contributed by atoms with van der Waals surface area (Å²) in [6, 6.07) is 96.3. The first-order valence-electron chi connectivity index (χ1n) is 31.6. The Bertz CT molecular complexity index is 6790. The first-order chi connectivity index (χ1) is 46.6. The molecule has 22 rings (SSSR count). The van der Waals surface area contributed by atoms with E-state index in [1.807, 2.05) is 46.9 Å². The molecule has 434 valence electrons. The molecule has 8 heterocycles. The van der Waals surface area contributed by atoms with E-state index in [-0.39, 0.29) is 0 Å². The molecule has 0 fully saturated rings. The molecule has 0 unspecified atom stereocenters. The number of fused-ring (bicyclic) bond motifs is 20. The molecule has 0 N–H and O–H groups in total. The van der Waals surface area contributed by atoms with E-state index in [4.69, 9.17) is 28.8 Å². The second-order valence-corrected chi connectivity index (χ2v) is 26.9. The van der Waals surface area contributed by atoms with Crippen LogP contribution >= 0.6 is 22.7 Å². The van der Waals surface area contributed by atoms with E-state index in [1.165, 1.54) is 35.8 Å². The van der Waals surface area contributed by atoms with E-state index in [9.17, 15) is 0 Å². The summed E-state index contributed by atoms with van der Waals surface area (Å²) in [5.41, 5.74) is 18.9. The standard InChI is InChI=1S/C84H44N6O2S2/c1-3-20-52-45(15-1)33-37-56-55-25-11-17-47-18-12-27-64(72(47)55)89(79(52)56)84-87-77-59-24-6-9-30-67(59)92-82(77)78(88-84)61-26-14-32-70-74(61)60-39-35-48(44-71(60)94-70)51-41-49-19-13-28-65-73(49)63(43-51)57-38-34-46-16-2-4-21-53(46)80(57)90(65)83-85-75(81-76(86-83)58-23-5-8-29-66(58)91-81)50-36-40-69-62(42-50)54-22-7-10-31-68(54)93-69/h1-44H. The van der Waals surface area contributed by atoms with Gasteiger partial charge in [-0.25, -0.2) is 19.9 Å². The van der Waals surface area contributed by atoms with Crippen molar-refractivity contribution in [1.29, 1.82) is 0 Å². The van der Waals surface area contributed by atoms with Crippen molar-refractivity contribution in [3.8, 4) is 55.9 Å². The van der Waals surface area contributed by atoms with Crippen LogP contribution in [0, 0.1) is 0 Å². The SMILES string of the molecule is c1ccc2c3c(ccc2c1)-c1cc(-c2ccc4c(c2)sc2cccc(-c5nc(N6c7c(ccc8ccccc78)-c7cccc8cccc6c78)nc6c5oc5ccccc56)c24)cc2cccc(c12)N3c1nc(-c2ccc3sc4ccccc4c3c2)c2oc3ccccc3c2n1. The smallest absolute Gasteiger partial charge is 0.236 e. The topological polar surface area (TPSA) is 84.3 Å². The van der Waals surface area contributed by atoms with Gasteiger partial charge < -0.3 is 8.83 Å². The Balaban J connectivity index is 0.726. The molecule has 6 aromatic heterocycles. The zero-order valence-corrected chi connectivity index (χ0v) is 51.4. The number of anilines is 6. The normalized spacial score (nSPS) is 12.9. The monoisotopic (exact) mass is 1230 g/mol. The lowest BCUT2D eigenvalue weighted by Crippen LogP contribution is -2.18. The molecule has 0 aliphatic carbocycles. The van der Waals surface area contributed by atoms with Gasteiger partial charge in [0.05, 0.1) is 22.7 Å². The molecule has 0 spiro atoms. The fraction of sp³-hybridized carbons (Fsp3) is 0. The van der Waals surface area contributed by atoms with Gasteiger partial charge in [0.15, 0.2) is 11.2 Å². The lowest BCUT2D eigenvalue weighted by atomic mass is 9.86. The van der Waals surface area contributed by atoms with E-state index >= 15 is 0 Å². The van der Waals surface area contributed by atoms with Crippen molar-refractivity contribution in [2.45, 2.75) is 0 Å². The van der Waals surface area contributed by atoms with Crippen LogP contribution in [-0.2, 0) is 0 Å². The Morgan fingerprint density at radius 3 is 1.53 bits per heavy atom. The van der Waals surface area contributed by atoms with Crippen LogP contribution in [0.1, 0.15) is 0 Å². The molecule has 94 heavy (non-hydrogen) atoms. The van der Waals surface area contributed by atoms with Crippen molar-refractivity contribution < 1.29 is 8.83 Å². The molecule has 14 aromatic carbocycles. The molecule has 10 heteroatoms. The number of hydrogen-bond donors (Lipinski definition) is 0. The van der Waals surface area contributed by atoms with Gasteiger partial charge in [-0.15, -0.1) is 22.7 Å². The molecule has 0 atom stereocenters. The number of nitrogens with zero attached hydrogens (tertiary/aromatic N) is 6. The highest BCUT2D eigenvalue weighted by Crippen LogP contribution is 2.57. The average molecular weight is 1230 g/mol. The van der Waals surface area contributed by atoms with Crippen molar-refractivity contribution in [3.63, 3.8) is 0 Å². The van der Waals surface area contributed by atoms with Crippen LogP contribution in [0.4, 0.5) is 34.6 Å². The minimum absolute atomic E-state index is 0.576. The van der Waals surface area contributed by atoms with Crippen LogP contribution < -0.4 is 9.80 Å². The highest BCUT2D eigenvalue weighted by Gasteiger charge is 2.34. The molecular weight excluding hydrogens is 1190 g/mol. The largest absolute Gasteiger partial charge is 0.452 e. The van der Waals surface area contributed by atoms with Gasteiger partial charge in [-0.2, -0.15) is 0 Å². The second-order valence-electron chi connectivity index (χ2n) is 24.7. The predicted octanol–water partition coefficient (Wildman–Crippen LogP) is 24.3. The van der Waals surface area contributed by atoms with Gasteiger partial charge in [0.25, 0.3) is 0 Å². The van der Waals surface area contributed by atoms with Gasteiger partial charge in [0, 0.05) is 94.9 Å². The Morgan fingerprint density at radius 1 is 0.277 bits per heavy atom. The Labute approximate surface area is 542 Å². The number of furan rings is 2. The van der Waals surface area contributed by atoms with Crippen molar-refractivity contribution >= 4 is 185 Å². The molecule has 20 aromatic rings. The molecule has 0 amide bonds. The molecule has 2 aliphatic heterocycles. The highest BCUT2D eigenvalue weighted by atomic mass is 32.1. The summed E-state index contributed by atoms with van der Waals surface area (Å²) >= 11 is 3.62. The Hall–Kier alpha value is -12.1. The Kier molecular flexibility index (Phi) is 10.1. The van der Waals surface area contributed by atoms with Gasteiger partial charge in [0.2, 0.25) is 11.9 Å². The summed E-state index contributed by atoms with van der Waals surface area (Å²) in [6.45, 7) is 0. The number of para-hydroxylation sites is 2. The maximum Gasteiger partial charge on any atom is 0.236 e. The molecule has 0 bridgehead atoms. The van der Waals surface area contributed by atoms with E-state index in [0.717, 1.165) is 159 Å². The van der Waals surface area contributed by atoms with E-state index in [1.54, 1.807) is 0 Å². The van der Waals surface area contributed by atoms with Crippen LogP contribution in [0.25, 0.3) is 183 Å². The summed E-state index contributed by atoms with van der Waals surface area (Å²) in [6.07, 6.45) is 0. The van der Waals surface area contributed by atoms with Crippen LogP contribution in [0.15, 0.2) is 276 Å². The Morgan fingerprint density at radius 2 is 0.809 bits per heavy atom. The lowest BCUT2D eigenvalue weighted by Gasteiger charge is -2.33. The molecule has 0 radical (unpaired) electrons. The van der Waals surface area contributed by atoms with Gasteiger partial charge in [-0.3, -0.25) is 9.80 Å². The van der Waals surface area contributed by atoms with Crippen molar-refractivity contribution in [1.82, 2.24) is 19.9 Å². The van der Waals surface area contributed by atoms with Crippen molar-refractivity contribution in [2.75, 3.05) is 9.80 Å². The maximum atomic E-state index is 6.92. The molecule has 8 nitrogen and oxygen atoms in total. The minimum Gasteiger partial charge on any atom is -0.452 e. The lowest BCUT2D eigenvalue weighted by molar-refractivity contribution is 0.667. The highest BCUT2D eigenvalue weighted by molar-refractivity contribution is 7.26. The van der Waals surface area contributed by atoms with Crippen LogP contribution in [-0.4, -0.2) is 19.9 Å². The third-order valence-corrected chi connectivity index (χ3v) is 22.0. The van der Waals surface area contributed by atoms with Gasteiger partial charge in [-0.1, -0.05) is 188 Å². The number of hydrogen-bond acceptors (Lipinski definition) is 10. The number of rotatable bonds is 5. The van der Waals surface area contributed by atoms with E-state index in [0.29, 0.717) is 23.1 Å². The maximum absolute atomic E-state index is 6.92. The van der Waals surface area contributed by atoms with Gasteiger partial charge >= 0.3 is 0 Å². The average Bonchev–Trinajstić information content (AvgIpc) is 0.737. The molecule has 0 saturated carbocycles. The van der Waals surface area contributed by atoms with Gasteiger partial charge in [-0.05, 0) is 123 Å². The predicted molar refractivity (Wildman–Crippen MR) is 392 cm³/mol. The number of benzene rings is 14. The fourth-order valence-electron chi connectivity index (χ4n) is 15.6. The van der Waals surface area contributed by atoms with Crippen LogP contribution in [0.5, 0.6) is 0 Å². The summed E-state index contributed by atoms with van der Waals surface area (Å²) in [7, 11) is 0. The number of thiophene rings is 2. The zero-order valence-electron chi connectivity index (χ0n) is 49.7. The van der Waals surface area contributed by atoms with E-state index < -0.39 is 0 Å². The van der Waals surface area contributed by atoms with E-state index in [2.05, 4.69) is 252 Å². The second kappa shape index (κ2) is 18.8. The first kappa shape index (κ1) is 50.6. The minimum atomic E-state index is 0.576. The summed E-state index contributed by atoms with van der Waals surface area (Å²) in [5, 5.41) is 15.7. The summed E-state index contributed by atoms with van der Waals surface area (Å²) in [5.74, 6) is 1.16. The zero-order chi connectivity index (χ0) is 61.0. The molecule has 0 saturated heterocycles. The van der Waals surface area contributed by atoms with Crippen LogP contribution in [0.2, 0.25) is 0 Å². The third kappa shape index (κ3) is 6.99. The first-order valence-corrected chi connectivity index (χ1v) is 33.2. The summed E-state index contributed by atoms with van der Waals surface area (Å²) < 4.78 is 18.5. The third-order valence-electron chi connectivity index (χ3n) is 19.7. The van der Waals surface area contributed by atoms with Gasteiger partial charge in [0.1, 0.15) is 33.6 Å². The van der Waals surface area contributed by atoms with Crippen molar-refractivity contribution in [3.05, 3.63) is 267 Å². The van der Waals surface area contributed by atoms with Crippen molar-refractivity contribution in [2.24, 2.45) is 0 Å². The quantitative estimate of drug-likeness (QED) is 0.169. The number of aromatic nitrogens is 4. The molecular formula is C84H44N6O2S2. The molecule has 2 aliphatic rings.